The van der Waals surface area contributed by atoms with Crippen LogP contribution >= 0.6 is 12.6 Å². The van der Waals surface area contributed by atoms with Crippen LogP contribution in [0.4, 0.5) is 0 Å². The first-order valence-electron chi connectivity index (χ1n) is 7.38. The highest BCUT2D eigenvalue weighted by Crippen LogP contribution is 2.39. The minimum atomic E-state index is -0.436. The zero-order valence-electron chi connectivity index (χ0n) is 13.8. The fourth-order valence-corrected chi connectivity index (χ4v) is 2.58. The lowest BCUT2D eigenvalue weighted by Crippen LogP contribution is -2.41. The van der Waals surface area contributed by atoms with Crippen LogP contribution in [0.1, 0.15) is 44.4 Å². The maximum absolute atomic E-state index is 9.30. The van der Waals surface area contributed by atoms with E-state index in [1.54, 1.807) is 0 Å². The third kappa shape index (κ3) is 3.10. The summed E-state index contributed by atoms with van der Waals surface area (Å²) in [4.78, 5) is 0. The number of aryl methyl sites for hydroxylation is 1. The molecule has 5 heteroatoms. The van der Waals surface area contributed by atoms with Crippen LogP contribution in [0.5, 0.6) is 0 Å². The number of thiol groups is 1. The topological polar surface area (TPSA) is 42.2 Å². The molecule has 0 unspecified atom stereocenters. The largest absolute Gasteiger partial charge is 0.491 e. The molecule has 1 aromatic carbocycles. The fourth-order valence-electron chi connectivity index (χ4n) is 2.34. The first-order valence-corrected chi connectivity index (χ1v) is 8.02. The van der Waals surface area contributed by atoms with E-state index in [0.717, 1.165) is 16.6 Å². The molecule has 0 bridgehead atoms. The summed E-state index contributed by atoms with van der Waals surface area (Å²) in [5, 5.41) is 9.30. The molecule has 22 heavy (non-hydrogen) atoms. The van der Waals surface area contributed by atoms with E-state index < -0.39 is 7.12 Å². The number of benzene rings is 1. The van der Waals surface area contributed by atoms with Crippen molar-refractivity contribution in [3.8, 4) is 6.07 Å². The normalized spacial score (nSPS) is 20.0. The molecule has 0 N–H and O–H groups in total. The molecule has 116 valence electrons. The van der Waals surface area contributed by atoms with E-state index in [-0.39, 0.29) is 11.2 Å². The van der Waals surface area contributed by atoms with Crippen LogP contribution in [0, 0.1) is 18.3 Å². The zero-order chi connectivity index (χ0) is 16.5. The molecular formula is C17H22BNO2S. The zero-order valence-corrected chi connectivity index (χ0v) is 14.7. The van der Waals surface area contributed by atoms with Gasteiger partial charge in [0.25, 0.3) is 0 Å². The molecule has 0 atom stereocenters. The summed E-state index contributed by atoms with van der Waals surface area (Å²) in [6.07, 6.45) is 1.98. The van der Waals surface area contributed by atoms with Gasteiger partial charge in [-0.25, -0.2) is 0 Å². The molecule has 0 aromatic heterocycles. The summed E-state index contributed by atoms with van der Waals surface area (Å²) in [6, 6.07) is 7.94. The summed E-state index contributed by atoms with van der Waals surface area (Å²) in [7, 11) is -0.436. The molecular weight excluding hydrogens is 293 g/mol. The third-order valence-corrected chi connectivity index (χ3v) is 4.88. The van der Waals surface area contributed by atoms with Gasteiger partial charge in [-0.3, -0.25) is 0 Å². The monoisotopic (exact) mass is 315 g/mol. The molecule has 1 aliphatic heterocycles. The molecule has 0 amide bonds. The Kier molecular flexibility index (Phi) is 4.77. The lowest BCUT2D eigenvalue weighted by atomic mass is 9.77. The minimum absolute atomic E-state index is 0.385. The Balaban J connectivity index is 2.41. The predicted molar refractivity (Wildman–Crippen MR) is 93.8 cm³/mol. The number of hydrogen-bond acceptors (Lipinski definition) is 4. The van der Waals surface area contributed by atoms with Gasteiger partial charge in [0.15, 0.2) is 0 Å². The second kappa shape index (κ2) is 6.12. The maximum Gasteiger partial charge on any atom is 0.491 e. The van der Waals surface area contributed by atoms with Gasteiger partial charge in [-0.2, -0.15) is 17.9 Å². The molecule has 0 saturated carbocycles. The SMILES string of the molecule is Cc1cccc(C#N)c1C=C(CS)B1OC(C)(C)C(C)(C)O1. The van der Waals surface area contributed by atoms with Crippen molar-refractivity contribution in [1.82, 2.24) is 0 Å². The number of nitrogens with zero attached hydrogens (tertiary/aromatic N) is 1. The van der Waals surface area contributed by atoms with Crippen molar-refractivity contribution in [3.63, 3.8) is 0 Å². The van der Waals surface area contributed by atoms with Crippen molar-refractivity contribution < 1.29 is 9.31 Å². The van der Waals surface area contributed by atoms with Crippen LogP contribution in [0.2, 0.25) is 0 Å². The summed E-state index contributed by atoms with van der Waals surface area (Å²) in [6.45, 7) is 10.1. The fraction of sp³-hybridized carbons (Fsp3) is 0.471. The van der Waals surface area contributed by atoms with Gasteiger partial charge in [0.05, 0.1) is 22.8 Å². The van der Waals surface area contributed by atoms with Gasteiger partial charge in [-0.15, -0.1) is 0 Å². The highest BCUT2D eigenvalue weighted by molar-refractivity contribution is 7.80. The van der Waals surface area contributed by atoms with Gasteiger partial charge in [0.1, 0.15) is 0 Å². The average molecular weight is 315 g/mol. The summed E-state index contributed by atoms with van der Waals surface area (Å²) >= 11 is 4.42. The molecule has 3 nitrogen and oxygen atoms in total. The Morgan fingerprint density at radius 1 is 1.27 bits per heavy atom. The summed E-state index contributed by atoms with van der Waals surface area (Å²) < 4.78 is 12.2. The van der Waals surface area contributed by atoms with Crippen molar-refractivity contribution in [1.29, 1.82) is 5.26 Å². The Morgan fingerprint density at radius 2 is 1.86 bits per heavy atom. The number of hydrogen-bond donors (Lipinski definition) is 1. The van der Waals surface area contributed by atoms with Crippen LogP contribution in [-0.2, 0) is 9.31 Å². The lowest BCUT2D eigenvalue weighted by Gasteiger charge is -2.32. The van der Waals surface area contributed by atoms with Gasteiger partial charge >= 0.3 is 7.12 Å². The molecule has 1 heterocycles. The van der Waals surface area contributed by atoms with Gasteiger partial charge in [-0.05, 0) is 57.3 Å². The highest BCUT2D eigenvalue weighted by Gasteiger charge is 2.52. The second-order valence-electron chi connectivity index (χ2n) is 6.61. The van der Waals surface area contributed by atoms with Crippen LogP contribution in [-0.4, -0.2) is 24.1 Å². The van der Waals surface area contributed by atoms with Gasteiger partial charge in [0, 0.05) is 5.75 Å². The van der Waals surface area contributed by atoms with E-state index in [0.29, 0.717) is 11.3 Å². The molecule has 2 rings (SSSR count). The van der Waals surface area contributed by atoms with Crippen LogP contribution in [0.3, 0.4) is 0 Å². The Morgan fingerprint density at radius 3 is 2.36 bits per heavy atom. The number of rotatable bonds is 3. The lowest BCUT2D eigenvalue weighted by molar-refractivity contribution is 0.00578. The first kappa shape index (κ1) is 17.1. The summed E-state index contributed by atoms with van der Waals surface area (Å²) in [5.74, 6) is 0.510. The predicted octanol–water partition coefficient (Wildman–Crippen LogP) is 3.81. The van der Waals surface area contributed by atoms with Gasteiger partial charge < -0.3 is 9.31 Å². The summed E-state index contributed by atoms with van der Waals surface area (Å²) in [5.41, 5.74) is 2.76. The van der Waals surface area contributed by atoms with Crippen molar-refractivity contribution in [3.05, 3.63) is 40.4 Å². The van der Waals surface area contributed by atoms with Crippen molar-refractivity contribution in [2.24, 2.45) is 0 Å². The minimum Gasteiger partial charge on any atom is -0.400 e. The Labute approximate surface area is 138 Å². The highest BCUT2D eigenvalue weighted by atomic mass is 32.1. The van der Waals surface area contributed by atoms with E-state index in [4.69, 9.17) is 9.31 Å². The van der Waals surface area contributed by atoms with Crippen LogP contribution in [0.15, 0.2) is 23.7 Å². The van der Waals surface area contributed by atoms with Crippen molar-refractivity contribution >= 4 is 25.8 Å². The quantitative estimate of drug-likeness (QED) is 0.681. The van der Waals surface area contributed by atoms with Gasteiger partial charge in [-0.1, -0.05) is 18.2 Å². The van der Waals surface area contributed by atoms with E-state index in [9.17, 15) is 5.26 Å². The van der Waals surface area contributed by atoms with E-state index in [1.807, 2.05) is 58.9 Å². The van der Waals surface area contributed by atoms with E-state index >= 15 is 0 Å². The smallest absolute Gasteiger partial charge is 0.400 e. The molecule has 0 aliphatic carbocycles. The van der Waals surface area contributed by atoms with Gasteiger partial charge in [0.2, 0.25) is 0 Å². The number of nitriles is 1. The van der Waals surface area contributed by atoms with Crippen molar-refractivity contribution in [2.75, 3.05) is 5.75 Å². The Hall–Kier alpha value is -1.22. The maximum atomic E-state index is 9.30. The average Bonchev–Trinajstić information content (AvgIpc) is 2.65. The molecule has 1 aliphatic rings. The molecule has 1 aromatic rings. The van der Waals surface area contributed by atoms with Crippen LogP contribution in [0.25, 0.3) is 6.08 Å². The standard InChI is InChI=1S/C17H22BNO2S/c1-12-7-6-8-13(10-19)15(12)9-14(11-22)18-20-16(2,3)17(4,5)21-18/h6-9,22H,11H2,1-5H3. The molecule has 1 fully saturated rings. The second-order valence-corrected chi connectivity index (χ2v) is 6.93. The van der Waals surface area contributed by atoms with E-state index in [2.05, 4.69) is 18.7 Å². The molecule has 1 saturated heterocycles. The van der Waals surface area contributed by atoms with Crippen molar-refractivity contribution in [2.45, 2.75) is 45.8 Å². The Bertz CT molecular complexity index is 631. The van der Waals surface area contributed by atoms with Crippen LogP contribution < -0.4 is 0 Å². The first-order chi connectivity index (χ1) is 10.2. The third-order valence-electron chi connectivity index (χ3n) is 4.51. The van der Waals surface area contributed by atoms with E-state index in [1.165, 1.54) is 0 Å². The molecule has 0 radical (unpaired) electrons. The molecule has 0 spiro atoms.